The van der Waals surface area contributed by atoms with E-state index < -0.39 is 19.3 Å². The number of anilines is 1. The maximum Gasteiger partial charge on any atom is 0.226 e. The first kappa shape index (κ1) is 22.8. The third-order valence-corrected chi connectivity index (χ3v) is 5.28. The Bertz CT molecular complexity index is 1080. The van der Waals surface area contributed by atoms with Gasteiger partial charge in [0, 0.05) is 48.0 Å². The van der Waals surface area contributed by atoms with Crippen LogP contribution in [0.15, 0.2) is 48.7 Å². The number of aromatic nitrogens is 1. The lowest BCUT2D eigenvalue weighted by atomic mass is 10.0. The van der Waals surface area contributed by atoms with Crippen LogP contribution in [0.5, 0.6) is 0 Å². The van der Waals surface area contributed by atoms with Crippen LogP contribution in [0.2, 0.25) is 0 Å². The summed E-state index contributed by atoms with van der Waals surface area (Å²) in [7, 11) is 1.53. The molecule has 1 heterocycles. The van der Waals surface area contributed by atoms with Gasteiger partial charge in [0.05, 0.1) is 31.9 Å². The Morgan fingerprint density at radius 2 is 2.00 bits per heavy atom. The van der Waals surface area contributed by atoms with Crippen LogP contribution >= 0.6 is 12.2 Å². The summed E-state index contributed by atoms with van der Waals surface area (Å²) in [6.07, 6.45) is 2.11. The molecule has 31 heavy (non-hydrogen) atoms. The lowest BCUT2D eigenvalue weighted by Crippen LogP contribution is -2.15. The number of fused-ring (bicyclic) bond motifs is 1. The van der Waals surface area contributed by atoms with Gasteiger partial charge in [-0.05, 0) is 23.8 Å². The summed E-state index contributed by atoms with van der Waals surface area (Å²) in [5, 5.41) is 3.73. The van der Waals surface area contributed by atoms with Crippen LogP contribution in [0.3, 0.4) is 0 Å². The zero-order chi connectivity index (χ0) is 22.4. The van der Waals surface area contributed by atoms with Crippen LogP contribution < -0.4 is 11.1 Å². The molecule has 0 saturated heterocycles. The molecule has 0 aliphatic carbocycles. The minimum atomic E-state index is -0.754. The molecule has 8 heteroatoms. The number of methoxy groups -OCH3 is 1. The number of nitrogens with two attached hydrogens (primary N) is 1. The number of ether oxygens (including phenoxy) is 1. The van der Waals surface area contributed by atoms with E-state index in [0.29, 0.717) is 17.3 Å². The average molecular weight is 446 g/mol. The van der Waals surface area contributed by atoms with E-state index in [2.05, 4.69) is 5.32 Å². The van der Waals surface area contributed by atoms with Crippen LogP contribution in [0.1, 0.15) is 12.0 Å². The molecule has 0 spiro atoms. The third kappa shape index (κ3) is 5.45. The van der Waals surface area contributed by atoms with Crippen LogP contribution in [0.4, 0.5) is 14.5 Å². The summed E-state index contributed by atoms with van der Waals surface area (Å²) in [6.45, 7) is -1.01. The first-order valence-electron chi connectivity index (χ1n) is 9.90. The standard InChI is InChI=1S/C23H25F2N3O2S/c1-30-8-7-22(29)27-18-5-6-19-20(16-3-2-4-17(9-16)23(26)31)14-28(21(19)10-18)13-15(11-24)12-25/h2-6,9-10,14-15H,7-8,11-13H2,1H3,(H2,26,31)(H,27,29). The van der Waals surface area contributed by atoms with Gasteiger partial charge in [0.25, 0.3) is 0 Å². The largest absolute Gasteiger partial charge is 0.389 e. The molecule has 0 atom stereocenters. The summed E-state index contributed by atoms with van der Waals surface area (Å²) in [4.78, 5) is 12.4. The van der Waals surface area contributed by atoms with E-state index in [9.17, 15) is 13.6 Å². The fourth-order valence-corrected chi connectivity index (χ4v) is 3.55. The zero-order valence-corrected chi connectivity index (χ0v) is 18.1. The van der Waals surface area contributed by atoms with Gasteiger partial charge in [0.1, 0.15) is 4.99 Å². The maximum absolute atomic E-state index is 13.2. The number of rotatable bonds is 10. The van der Waals surface area contributed by atoms with Crippen LogP contribution in [-0.2, 0) is 16.1 Å². The Morgan fingerprint density at radius 3 is 2.68 bits per heavy atom. The molecule has 3 N–H and O–H groups in total. The number of carbonyl (C=O) groups excluding carboxylic acids is 1. The van der Waals surface area contributed by atoms with E-state index in [-0.39, 0.29) is 18.9 Å². The summed E-state index contributed by atoms with van der Waals surface area (Å²) in [5.41, 5.74) is 9.67. The molecule has 0 unspecified atom stereocenters. The highest BCUT2D eigenvalue weighted by molar-refractivity contribution is 7.80. The van der Waals surface area contributed by atoms with Gasteiger partial charge in [-0.1, -0.05) is 36.5 Å². The molecule has 0 radical (unpaired) electrons. The minimum Gasteiger partial charge on any atom is -0.389 e. The summed E-state index contributed by atoms with van der Waals surface area (Å²) in [6, 6.07) is 13.0. The molecule has 0 aliphatic rings. The Morgan fingerprint density at radius 1 is 1.23 bits per heavy atom. The van der Waals surface area contributed by atoms with Crippen molar-refractivity contribution in [3.63, 3.8) is 0 Å². The van der Waals surface area contributed by atoms with Gasteiger partial charge in [-0.3, -0.25) is 13.6 Å². The number of thiocarbonyl (C=S) groups is 1. The lowest BCUT2D eigenvalue weighted by molar-refractivity contribution is -0.117. The van der Waals surface area contributed by atoms with Gasteiger partial charge in [0.15, 0.2) is 0 Å². The highest BCUT2D eigenvalue weighted by atomic mass is 32.1. The third-order valence-electron chi connectivity index (χ3n) is 5.05. The molecular weight excluding hydrogens is 420 g/mol. The molecule has 3 rings (SSSR count). The highest BCUT2D eigenvalue weighted by Crippen LogP contribution is 2.33. The van der Waals surface area contributed by atoms with Crippen molar-refractivity contribution < 1.29 is 18.3 Å². The summed E-state index contributed by atoms with van der Waals surface area (Å²) in [5.74, 6) is -0.916. The molecule has 1 amide bonds. The molecule has 0 saturated carbocycles. The van der Waals surface area contributed by atoms with Gasteiger partial charge in [-0.15, -0.1) is 0 Å². The average Bonchev–Trinajstić information content (AvgIpc) is 3.13. The predicted molar refractivity (Wildman–Crippen MR) is 124 cm³/mol. The SMILES string of the molecule is COCCC(=O)Nc1ccc2c(-c3cccc(C(N)=S)c3)cn(CC(CF)CF)c2c1. The lowest BCUT2D eigenvalue weighted by Gasteiger charge is -2.12. The van der Waals surface area contributed by atoms with Crippen molar-refractivity contribution in [1.82, 2.24) is 4.57 Å². The summed E-state index contributed by atoms with van der Waals surface area (Å²) >= 11 is 5.09. The Hall–Kier alpha value is -2.84. The number of nitrogens with one attached hydrogen (secondary N) is 1. The number of alkyl halides is 2. The second kappa shape index (κ2) is 10.5. The van der Waals surface area contributed by atoms with E-state index in [1.165, 1.54) is 7.11 Å². The number of benzene rings is 2. The van der Waals surface area contributed by atoms with Crippen molar-refractivity contribution >= 4 is 39.7 Å². The van der Waals surface area contributed by atoms with Crippen LogP contribution in [0, 0.1) is 5.92 Å². The van der Waals surface area contributed by atoms with E-state index in [1.54, 1.807) is 6.07 Å². The molecule has 164 valence electrons. The number of hydrogen-bond acceptors (Lipinski definition) is 3. The van der Waals surface area contributed by atoms with Crippen molar-refractivity contribution in [2.75, 3.05) is 32.4 Å². The number of hydrogen-bond donors (Lipinski definition) is 2. The monoisotopic (exact) mass is 445 g/mol. The topological polar surface area (TPSA) is 69.3 Å². The van der Waals surface area contributed by atoms with Crippen LogP contribution in [0.25, 0.3) is 22.0 Å². The van der Waals surface area contributed by atoms with Gasteiger partial charge in [0.2, 0.25) is 5.91 Å². The van der Waals surface area contributed by atoms with Gasteiger partial charge < -0.3 is 20.4 Å². The van der Waals surface area contributed by atoms with Crippen LogP contribution in [-0.4, -0.2) is 42.5 Å². The first-order chi connectivity index (χ1) is 15.0. The van der Waals surface area contributed by atoms with Crippen molar-refractivity contribution in [1.29, 1.82) is 0 Å². The second-order valence-corrected chi connectivity index (χ2v) is 7.78. The maximum atomic E-state index is 13.2. The molecule has 1 aromatic heterocycles. The minimum absolute atomic E-state index is 0.172. The Kier molecular flexibility index (Phi) is 7.70. The van der Waals surface area contributed by atoms with Crippen molar-refractivity contribution in [2.45, 2.75) is 13.0 Å². The smallest absolute Gasteiger partial charge is 0.226 e. The predicted octanol–water partition coefficient (Wildman–Crippen LogP) is 4.47. The molecule has 0 bridgehead atoms. The van der Waals surface area contributed by atoms with E-state index in [1.807, 2.05) is 47.2 Å². The van der Waals surface area contributed by atoms with E-state index in [0.717, 1.165) is 27.6 Å². The van der Waals surface area contributed by atoms with Gasteiger partial charge in [-0.2, -0.15) is 0 Å². The molecule has 0 aliphatic heterocycles. The van der Waals surface area contributed by atoms with Crippen molar-refractivity contribution in [3.8, 4) is 11.1 Å². The molecular formula is C23H25F2N3O2S. The Balaban J connectivity index is 2.06. The molecule has 2 aromatic carbocycles. The van der Waals surface area contributed by atoms with Crippen molar-refractivity contribution in [2.24, 2.45) is 11.7 Å². The number of amides is 1. The number of halogens is 2. The quantitative estimate of drug-likeness (QED) is 0.452. The van der Waals surface area contributed by atoms with E-state index >= 15 is 0 Å². The fourth-order valence-electron chi connectivity index (χ4n) is 3.43. The first-order valence-corrected chi connectivity index (χ1v) is 10.3. The second-order valence-electron chi connectivity index (χ2n) is 7.34. The molecule has 5 nitrogen and oxygen atoms in total. The van der Waals surface area contributed by atoms with Crippen molar-refractivity contribution in [3.05, 3.63) is 54.2 Å². The van der Waals surface area contributed by atoms with Gasteiger partial charge >= 0.3 is 0 Å². The van der Waals surface area contributed by atoms with E-state index in [4.69, 9.17) is 22.7 Å². The van der Waals surface area contributed by atoms with Gasteiger partial charge in [-0.25, -0.2) is 0 Å². The highest BCUT2D eigenvalue weighted by Gasteiger charge is 2.16. The number of carbonyl (C=O) groups is 1. The number of nitrogens with zero attached hydrogens (tertiary/aromatic N) is 1. The Labute approximate surface area is 185 Å². The zero-order valence-electron chi connectivity index (χ0n) is 17.2. The summed E-state index contributed by atoms with van der Waals surface area (Å²) < 4.78 is 33.2. The molecule has 3 aromatic rings. The fraction of sp³-hybridized carbons (Fsp3) is 0.304. The normalized spacial score (nSPS) is 11.2. The molecule has 0 fully saturated rings.